The van der Waals surface area contributed by atoms with Crippen LogP contribution >= 0.6 is 12.2 Å². The molecule has 3 amide bonds. The van der Waals surface area contributed by atoms with Crippen LogP contribution in [0.1, 0.15) is 32.7 Å². The van der Waals surface area contributed by atoms with Crippen LogP contribution in [-0.4, -0.2) is 41.4 Å². The van der Waals surface area contributed by atoms with Gasteiger partial charge in [-0.1, -0.05) is 18.2 Å². The number of carbonyl (C=O) groups is 3. The number of hydrogen-bond donors (Lipinski definition) is 2. The van der Waals surface area contributed by atoms with Crippen molar-refractivity contribution in [3.05, 3.63) is 59.2 Å². The van der Waals surface area contributed by atoms with E-state index in [1.807, 2.05) is 19.1 Å². The van der Waals surface area contributed by atoms with E-state index < -0.39 is 17.7 Å². The van der Waals surface area contributed by atoms with Crippen LogP contribution in [0, 0.1) is 6.92 Å². The third-order valence-corrected chi connectivity index (χ3v) is 4.50. The lowest BCUT2D eigenvalue weighted by Crippen LogP contribution is -2.38. The molecule has 7 nitrogen and oxygen atoms in total. The first-order valence-electron chi connectivity index (χ1n) is 8.61. The molecule has 0 radical (unpaired) electrons. The highest BCUT2D eigenvalue weighted by molar-refractivity contribution is 7.80. The van der Waals surface area contributed by atoms with E-state index in [1.54, 1.807) is 37.4 Å². The number of ether oxygens (including phenoxy) is 1. The van der Waals surface area contributed by atoms with E-state index in [0.717, 1.165) is 10.5 Å². The van der Waals surface area contributed by atoms with E-state index in [9.17, 15) is 14.4 Å². The molecule has 8 heteroatoms. The molecule has 0 aliphatic carbocycles. The van der Waals surface area contributed by atoms with Crippen molar-refractivity contribution < 1.29 is 19.1 Å². The summed E-state index contributed by atoms with van der Waals surface area (Å²) in [5.41, 5.74) is 2.35. The van der Waals surface area contributed by atoms with Crippen molar-refractivity contribution in [2.24, 2.45) is 0 Å². The Bertz CT molecular complexity index is 939. The molecule has 0 fully saturated rings. The zero-order valence-corrected chi connectivity index (χ0v) is 16.3. The fourth-order valence-electron chi connectivity index (χ4n) is 2.92. The summed E-state index contributed by atoms with van der Waals surface area (Å²) in [6.07, 6.45) is -0.0573. The van der Waals surface area contributed by atoms with Gasteiger partial charge in [0.25, 0.3) is 11.8 Å². The molecule has 0 saturated carbocycles. The van der Waals surface area contributed by atoms with Gasteiger partial charge in [0.05, 0.1) is 23.9 Å². The number of nitrogens with zero attached hydrogens (tertiary/aromatic N) is 1. The maximum Gasteiger partial charge on any atom is 0.261 e. The van der Waals surface area contributed by atoms with Crippen molar-refractivity contribution in [2.75, 3.05) is 19.0 Å². The minimum Gasteiger partial charge on any atom is -0.495 e. The molecule has 0 atom stereocenters. The molecule has 144 valence electrons. The van der Waals surface area contributed by atoms with E-state index >= 15 is 0 Å². The standard InChI is InChI=1S/C20H19N3O4S/c1-12-7-8-16(27-2)15(11-12)21-20(28)22-17(24)9-10-23-18(25)13-5-3-4-6-14(13)19(23)26/h3-8,11H,9-10H2,1-2H3,(H2,21,22,24,28). The number of methoxy groups -OCH3 is 1. The van der Waals surface area contributed by atoms with Crippen molar-refractivity contribution in [1.29, 1.82) is 0 Å². The Kier molecular flexibility index (Phi) is 5.70. The summed E-state index contributed by atoms with van der Waals surface area (Å²) in [7, 11) is 1.54. The predicted octanol–water partition coefficient (Wildman–Crippen LogP) is 2.50. The number of imide groups is 1. The first-order valence-corrected chi connectivity index (χ1v) is 9.02. The van der Waals surface area contributed by atoms with Gasteiger partial charge in [0.15, 0.2) is 5.11 Å². The lowest BCUT2D eigenvalue weighted by molar-refractivity contribution is -0.119. The molecule has 0 aromatic heterocycles. The largest absolute Gasteiger partial charge is 0.495 e. The maximum atomic E-state index is 12.3. The zero-order valence-electron chi connectivity index (χ0n) is 15.4. The summed E-state index contributed by atoms with van der Waals surface area (Å²) in [5.74, 6) is -0.592. The van der Waals surface area contributed by atoms with Crippen molar-refractivity contribution in [3.8, 4) is 5.75 Å². The fraction of sp³-hybridized carbons (Fsp3) is 0.200. The smallest absolute Gasteiger partial charge is 0.261 e. The number of thiocarbonyl (C=S) groups is 1. The third-order valence-electron chi connectivity index (χ3n) is 4.30. The summed E-state index contributed by atoms with van der Waals surface area (Å²) < 4.78 is 5.26. The molecule has 2 aromatic rings. The summed E-state index contributed by atoms with van der Waals surface area (Å²) in [5, 5.41) is 5.58. The quantitative estimate of drug-likeness (QED) is 0.595. The van der Waals surface area contributed by atoms with Crippen LogP contribution in [0.5, 0.6) is 5.75 Å². The Balaban J connectivity index is 1.55. The van der Waals surface area contributed by atoms with Crippen LogP contribution < -0.4 is 15.4 Å². The number of benzene rings is 2. The highest BCUT2D eigenvalue weighted by Crippen LogP contribution is 2.25. The second kappa shape index (κ2) is 8.18. The molecule has 0 bridgehead atoms. The molecule has 2 aromatic carbocycles. The number of anilines is 1. The minimum absolute atomic E-state index is 0.0193. The monoisotopic (exact) mass is 397 g/mol. The molecule has 1 aliphatic rings. The Hall–Kier alpha value is -3.26. The van der Waals surface area contributed by atoms with Crippen LogP contribution in [0.4, 0.5) is 5.69 Å². The van der Waals surface area contributed by atoms with Crippen LogP contribution in [0.25, 0.3) is 0 Å². The number of hydrogen-bond acceptors (Lipinski definition) is 5. The molecule has 0 spiro atoms. The lowest BCUT2D eigenvalue weighted by atomic mass is 10.1. The molecule has 2 N–H and O–H groups in total. The number of carbonyl (C=O) groups excluding carboxylic acids is 3. The molecule has 1 aliphatic heterocycles. The van der Waals surface area contributed by atoms with Gasteiger partial charge in [-0.05, 0) is 49.0 Å². The van der Waals surface area contributed by atoms with Gasteiger partial charge in [0.1, 0.15) is 5.75 Å². The number of amides is 3. The molecule has 1 heterocycles. The van der Waals surface area contributed by atoms with Crippen LogP contribution in [0.3, 0.4) is 0 Å². The molecule has 28 heavy (non-hydrogen) atoms. The Morgan fingerprint density at radius 3 is 2.36 bits per heavy atom. The Morgan fingerprint density at radius 2 is 1.75 bits per heavy atom. The van der Waals surface area contributed by atoms with Gasteiger partial charge in [0.2, 0.25) is 5.91 Å². The Labute approximate surface area is 167 Å². The van der Waals surface area contributed by atoms with E-state index in [1.165, 1.54) is 0 Å². The van der Waals surface area contributed by atoms with Crippen LogP contribution in [0.15, 0.2) is 42.5 Å². The van der Waals surface area contributed by atoms with Gasteiger partial charge in [0, 0.05) is 13.0 Å². The topological polar surface area (TPSA) is 87.7 Å². The van der Waals surface area contributed by atoms with Gasteiger partial charge in [-0.2, -0.15) is 0 Å². The van der Waals surface area contributed by atoms with Gasteiger partial charge < -0.3 is 15.4 Å². The number of rotatable bonds is 5. The van der Waals surface area contributed by atoms with Crippen LogP contribution in [0.2, 0.25) is 0 Å². The van der Waals surface area contributed by atoms with Gasteiger partial charge in [-0.15, -0.1) is 0 Å². The number of fused-ring (bicyclic) bond motifs is 1. The second-order valence-electron chi connectivity index (χ2n) is 6.26. The van der Waals surface area contributed by atoms with Gasteiger partial charge in [-0.25, -0.2) is 0 Å². The second-order valence-corrected chi connectivity index (χ2v) is 6.67. The summed E-state index contributed by atoms with van der Waals surface area (Å²) in [4.78, 5) is 37.9. The number of nitrogens with one attached hydrogen (secondary N) is 2. The Morgan fingerprint density at radius 1 is 1.11 bits per heavy atom. The van der Waals surface area contributed by atoms with Crippen LogP contribution in [-0.2, 0) is 4.79 Å². The molecule has 0 saturated heterocycles. The molecular formula is C20H19N3O4S. The fourth-order valence-corrected chi connectivity index (χ4v) is 3.14. The lowest BCUT2D eigenvalue weighted by Gasteiger charge is -2.15. The average molecular weight is 397 g/mol. The van der Waals surface area contributed by atoms with Crippen molar-refractivity contribution in [2.45, 2.75) is 13.3 Å². The normalized spacial score (nSPS) is 12.6. The molecule has 3 rings (SSSR count). The van der Waals surface area contributed by atoms with Crippen molar-refractivity contribution in [1.82, 2.24) is 10.2 Å². The van der Waals surface area contributed by atoms with Crippen molar-refractivity contribution >= 4 is 40.7 Å². The van der Waals surface area contributed by atoms with Gasteiger partial charge in [-0.3, -0.25) is 19.3 Å². The van der Waals surface area contributed by atoms with Gasteiger partial charge >= 0.3 is 0 Å². The summed E-state index contributed by atoms with van der Waals surface area (Å²) in [6.45, 7) is 1.91. The number of aryl methyl sites for hydroxylation is 1. The van der Waals surface area contributed by atoms with E-state index in [2.05, 4.69) is 10.6 Å². The maximum absolute atomic E-state index is 12.3. The first-order chi connectivity index (χ1) is 13.4. The van der Waals surface area contributed by atoms with E-state index in [-0.39, 0.29) is 18.1 Å². The predicted molar refractivity (Wildman–Crippen MR) is 109 cm³/mol. The highest BCUT2D eigenvalue weighted by atomic mass is 32.1. The van der Waals surface area contributed by atoms with E-state index in [0.29, 0.717) is 22.6 Å². The van der Waals surface area contributed by atoms with Crippen molar-refractivity contribution in [3.63, 3.8) is 0 Å². The molecule has 0 unspecified atom stereocenters. The highest BCUT2D eigenvalue weighted by Gasteiger charge is 2.34. The zero-order chi connectivity index (χ0) is 20.3. The minimum atomic E-state index is -0.402. The molecular weight excluding hydrogens is 378 g/mol. The summed E-state index contributed by atoms with van der Waals surface area (Å²) >= 11 is 5.17. The summed E-state index contributed by atoms with van der Waals surface area (Å²) in [6, 6.07) is 12.1. The first kappa shape index (κ1) is 19.5. The average Bonchev–Trinajstić information content (AvgIpc) is 2.91. The van der Waals surface area contributed by atoms with E-state index in [4.69, 9.17) is 17.0 Å². The third kappa shape index (κ3) is 4.01. The SMILES string of the molecule is COc1ccc(C)cc1NC(=S)NC(=O)CCN1C(=O)c2ccccc2C1=O.